The Bertz CT molecular complexity index is 673. The smallest absolute Gasteiger partial charge is 0.191 e. The number of hydrogen-bond donors (Lipinski definition) is 2. The van der Waals surface area contributed by atoms with Crippen LogP contribution in [0.25, 0.3) is 0 Å². The number of hydrogen-bond acceptors (Lipinski definition) is 3. The molecule has 2 aromatic rings. The van der Waals surface area contributed by atoms with E-state index < -0.39 is 0 Å². The Morgan fingerprint density at radius 3 is 2.68 bits per heavy atom. The fourth-order valence-electron chi connectivity index (χ4n) is 2.19. The van der Waals surface area contributed by atoms with Crippen molar-refractivity contribution >= 4 is 17.7 Å². The summed E-state index contributed by atoms with van der Waals surface area (Å²) in [6.07, 6.45) is 0.995. The molecule has 25 heavy (non-hydrogen) atoms. The highest BCUT2D eigenvalue weighted by Crippen LogP contribution is 2.18. The van der Waals surface area contributed by atoms with Gasteiger partial charge in [-0.15, -0.1) is 11.8 Å². The molecule has 0 aliphatic rings. The number of nitrogens with zero attached hydrogens (tertiary/aromatic N) is 2. The summed E-state index contributed by atoms with van der Waals surface area (Å²) in [6.45, 7) is 6.24. The number of thioether (sulfide) groups is 1. The van der Waals surface area contributed by atoms with E-state index in [9.17, 15) is 4.39 Å². The van der Waals surface area contributed by atoms with Gasteiger partial charge in [-0.05, 0) is 62.4 Å². The lowest BCUT2D eigenvalue weighted by molar-refractivity contribution is 0.626. The Kier molecular flexibility index (Phi) is 8.25. The molecule has 1 aromatic heterocycles. The maximum atomic E-state index is 12.9. The average Bonchev–Trinajstić information content (AvgIpc) is 2.61. The molecule has 0 aliphatic heterocycles. The van der Waals surface area contributed by atoms with Gasteiger partial charge in [-0.3, -0.25) is 4.98 Å². The highest BCUT2D eigenvalue weighted by atomic mass is 32.2. The van der Waals surface area contributed by atoms with Gasteiger partial charge in [-0.2, -0.15) is 0 Å². The lowest BCUT2D eigenvalue weighted by Crippen LogP contribution is -2.37. The summed E-state index contributed by atoms with van der Waals surface area (Å²) >= 11 is 1.73. The number of guanidine groups is 1. The van der Waals surface area contributed by atoms with Crippen molar-refractivity contribution < 1.29 is 4.39 Å². The second-order valence-corrected chi connectivity index (χ2v) is 6.72. The third-order valence-corrected chi connectivity index (χ3v) is 4.48. The van der Waals surface area contributed by atoms with Crippen LogP contribution in [0.15, 0.2) is 52.4 Å². The van der Waals surface area contributed by atoms with Crippen molar-refractivity contribution in [2.24, 2.45) is 4.99 Å². The van der Waals surface area contributed by atoms with Crippen molar-refractivity contribution in [1.82, 2.24) is 15.6 Å². The number of halogens is 1. The maximum absolute atomic E-state index is 12.9. The van der Waals surface area contributed by atoms with Gasteiger partial charge < -0.3 is 10.6 Å². The van der Waals surface area contributed by atoms with Crippen LogP contribution < -0.4 is 10.6 Å². The number of pyridine rings is 1. The summed E-state index contributed by atoms with van der Waals surface area (Å²) in [5.41, 5.74) is 1.97. The third kappa shape index (κ3) is 7.56. The number of aromatic nitrogens is 1. The first-order valence-corrected chi connectivity index (χ1v) is 9.49. The third-order valence-electron chi connectivity index (χ3n) is 3.39. The van der Waals surface area contributed by atoms with Crippen LogP contribution in [-0.2, 0) is 6.54 Å². The molecule has 0 saturated heterocycles. The van der Waals surface area contributed by atoms with E-state index in [1.807, 2.05) is 44.2 Å². The minimum atomic E-state index is -0.194. The van der Waals surface area contributed by atoms with Crippen LogP contribution in [0.3, 0.4) is 0 Å². The molecule has 4 nitrogen and oxygen atoms in total. The topological polar surface area (TPSA) is 49.3 Å². The number of rotatable bonds is 8. The maximum Gasteiger partial charge on any atom is 0.191 e. The summed E-state index contributed by atoms with van der Waals surface area (Å²) < 4.78 is 12.9. The standard InChI is InChI=1S/C19H25FN4S/c1-3-21-19(23-14-17-7-4-6-15(2)24-17)22-12-5-13-25-18-10-8-16(20)9-11-18/h4,6-11H,3,5,12-14H2,1-2H3,(H2,21,22,23). The van der Waals surface area contributed by atoms with Gasteiger partial charge in [-0.25, -0.2) is 9.38 Å². The molecule has 2 rings (SSSR count). The van der Waals surface area contributed by atoms with Gasteiger partial charge in [0.2, 0.25) is 0 Å². The lowest BCUT2D eigenvalue weighted by Gasteiger charge is -2.11. The first-order valence-electron chi connectivity index (χ1n) is 8.50. The van der Waals surface area contributed by atoms with Gasteiger partial charge >= 0.3 is 0 Å². The van der Waals surface area contributed by atoms with Crippen molar-refractivity contribution in [3.63, 3.8) is 0 Å². The van der Waals surface area contributed by atoms with Crippen LogP contribution in [-0.4, -0.2) is 29.8 Å². The monoisotopic (exact) mass is 360 g/mol. The molecule has 0 saturated carbocycles. The summed E-state index contributed by atoms with van der Waals surface area (Å²) in [7, 11) is 0. The van der Waals surface area contributed by atoms with E-state index in [0.717, 1.165) is 47.5 Å². The summed E-state index contributed by atoms with van der Waals surface area (Å²) in [4.78, 5) is 10.1. The largest absolute Gasteiger partial charge is 0.357 e. The second kappa shape index (κ2) is 10.7. The zero-order valence-electron chi connectivity index (χ0n) is 14.8. The molecular weight excluding hydrogens is 335 g/mol. The van der Waals surface area contributed by atoms with Crippen molar-refractivity contribution in [3.05, 3.63) is 59.7 Å². The van der Waals surface area contributed by atoms with E-state index in [2.05, 4.69) is 20.6 Å². The number of aryl methyl sites for hydroxylation is 1. The molecule has 1 aromatic carbocycles. The van der Waals surface area contributed by atoms with Gasteiger partial charge in [0.1, 0.15) is 5.82 Å². The number of nitrogens with one attached hydrogen (secondary N) is 2. The Balaban J connectivity index is 1.73. The molecule has 0 bridgehead atoms. The van der Waals surface area contributed by atoms with E-state index in [1.165, 1.54) is 12.1 Å². The van der Waals surface area contributed by atoms with Crippen molar-refractivity contribution in [2.75, 3.05) is 18.8 Å². The fourth-order valence-corrected chi connectivity index (χ4v) is 3.04. The first kappa shape index (κ1) is 19.2. The molecule has 0 radical (unpaired) electrons. The highest BCUT2D eigenvalue weighted by molar-refractivity contribution is 7.99. The van der Waals surface area contributed by atoms with Crippen molar-refractivity contribution in [3.8, 4) is 0 Å². The minimum Gasteiger partial charge on any atom is -0.357 e. The predicted molar refractivity (Wildman–Crippen MR) is 104 cm³/mol. The molecule has 2 N–H and O–H groups in total. The van der Waals surface area contributed by atoms with Crippen LogP contribution in [0.5, 0.6) is 0 Å². The van der Waals surface area contributed by atoms with Gasteiger partial charge in [0.25, 0.3) is 0 Å². The normalized spacial score (nSPS) is 11.4. The highest BCUT2D eigenvalue weighted by Gasteiger charge is 1.99. The van der Waals surface area contributed by atoms with Crippen molar-refractivity contribution in [1.29, 1.82) is 0 Å². The van der Waals surface area contributed by atoms with Gasteiger partial charge in [0.05, 0.1) is 12.2 Å². The van der Waals surface area contributed by atoms with E-state index >= 15 is 0 Å². The fraction of sp³-hybridized carbons (Fsp3) is 0.368. The Labute approximate surface area is 153 Å². The molecule has 6 heteroatoms. The number of aliphatic imine (C=N–C) groups is 1. The summed E-state index contributed by atoms with van der Waals surface area (Å²) in [6, 6.07) is 12.6. The first-order chi connectivity index (χ1) is 12.2. The zero-order chi connectivity index (χ0) is 17.9. The SMILES string of the molecule is CCNC(=NCc1cccc(C)n1)NCCCSc1ccc(F)cc1. The number of benzene rings is 1. The molecule has 1 heterocycles. The average molecular weight is 361 g/mol. The molecular formula is C19H25FN4S. The van der Waals surface area contributed by atoms with Crippen LogP contribution in [0.2, 0.25) is 0 Å². The molecule has 0 spiro atoms. The van der Waals surface area contributed by atoms with Crippen LogP contribution in [0.4, 0.5) is 4.39 Å². The minimum absolute atomic E-state index is 0.194. The molecule has 134 valence electrons. The summed E-state index contributed by atoms with van der Waals surface area (Å²) in [5, 5.41) is 6.58. The van der Waals surface area contributed by atoms with E-state index in [1.54, 1.807) is 11.8 Å². The zero-order valence-corrected chi connectivity index (χ0v) is 15.6. The van der Waals surface area contributed by atoms with Crippen LogP contribution >= 0.6 is 11.8 Å². The van der Waals surface area contributed by atoms with Crippen LogP contribution in [0.1, 0.15) is 24.7 Å². The molecule has 0 amide bonds. The summed E-state index contributed by atoms with van der Waals surface area (Å²) in [5.74, 6) is 1.58. The Morgan fingerprint density at radius 2 is 1.96 bits per heavy atom. The van der Waals surface area contributed by atoms with E-state index in [0.29, 0.717) is 6.54 Å². The Hall–Kier alpha value is -2.08. The van der Waals surface area contributed by atoms with E-state index in [4.69, 9.17) is 0 Å². The van der Waals surface area contributed by atoms with Crippen molar-refractivity contribution in [2.45, 2.75) is 31.7 Å². The van der Waals surface area contributed by atoms with Gasteiger partial charge in [0, 0.05) is 23.7 Å². The second-order valence-electron chi connectivity index (χ2n) is 5.55. The molecule has 0 fully saturated rings. The van der Waals surface area contributed by atoms with E-state index in [-0.39, 0.29) is 5.82 Å². The van der Waals surface area contributed by atoms with Gasteiger partial charge in [0.15, 0.2) is 5.96 Å². The molecule has 0 aliphatic carbocycles. The Morgan fingerprint density at radius 1 is 1.16 bits per heavy atom. The quantitative estimate of drug-likeness (QED) is 0.326. The lowest BCUT2D eigenvalue weighted by atomic mass is 10.3. The van der Waals surface area contributed by atoms with Crippen LogP contribution in [0, 0.1) is 12.7 Å². The predicted octanol–water partition coefficient (Wildman–Crippen LogP) is 3.77. The van der Waals surface area contributed by atoms with Gasteiger partial charge in [-0.1, -0.05) is 6.07 Å². The molecule has 0 atom stereocenters. The molecule has 0 unspecified atom stereocenters.